The summed E-state index contributed by atoms with van der Waals surface area (Å²) in [7, 11) is 0. The Kier molecular flexibility index (Phi) is 3.20. The van der Waals surface area contributed by atoms with Crippen LogP contribution < -0.4 is 0 Å². The number of hydrogen-bond acceptors (Lipinski definition) is 2. The molecule has 0 spiro atoms. The van der Waals surface area contributed by atoms with Gasteiger partial charge in [-0.1, -0.05) is 13.3 Å². The molecule has 4 aliphatic carbocycles. The molecule has 0 heterocycles. The first-order valence-electron chi connectivity index (χ1n) is 8.96. The summed E-state index contributed by atoms with van der Waals surface area (Å²) < 4.78 is 0. The molecule has 0 aromatic rings. The van der Waals surface area contributed by atoms with Crippen molar-refractivity contribution < 1.29 is 10.2 Å². The van der Waals surface area contributed by atoms with Gasteiger partial charge in [-0.3, -0.25) is 0 Å². The Morgan fingerprint density at radius 2 is 1.45 bits per heavy atom. The van der Waals surface area contributed by atoms with Crippen LogP contribution in [-0.2, 0) is 0 Å². The van der Waals surface area contributed by atoms with Gasteiger partial charge in [0.2, 0.25) is 0 Å². The molecule has 4 saturated carbocycles. The SMILES string of the molecule is C[C@@]12CCC[C@H]1[C@@H]1CC[C@H]3C(O)[C@H](O)CC[C@@H]3[C@H]1CC2. The van der Waals surface area contributed by atoms with E-state index in [-0.39, 0.29) is 0 Å². The minimum atomic E-state index is -0.451. The standard InChI is InChI=1S/C18H30O2/c1-18-9-2-3-15(18)13-4-5-14-11(12(13)8-10-18)6-7-16(19)17(14)20/h11-17,19-20H,2-10H2,1H3/t11-,12-,13-,14-,15+,16-,17?,18+/m1/s1. The van der Waals surface area contributed by atoms with E-state index in [0.717, 1.165) is 37.0 Å². The van der Waals surface area contributed by atoms with Gasteiger partial charge in [-0.05, 0) is 86.4 Å². The minimum absolute atomic E-state index is 0.394. The molecule has 2 N–H and O–H groups in total. The second kappa shape index (κ2) is 4.71. The van der Waals surface area contributed by atoms with Gasteiger partial charge < -0.3 is 10.2 Å². The molecular weight excluding hydrogens is 248 g/mol. The van der Waals surface area contributed by atoms with Crippen LogP contribution in [0.4, 0.5) is 0 Å². The normalized spacial score (nSPS) is 58.6. The maximum Gasteiger partial charge on any atom is 0.0829 e. The lowest BCUT2D eigenvalue weighted by molar-refractivity contribution is -0.127. The predicted octanol–water partition coefficient (Wildman–Crippen LogP) is 3.36. The first kappa shape index (κ1) is 13.6. The topological polar surface area (TPSA) is 40.5 Å². The fraction of sp³-hybridized carbons (Fsp3) is 1.00. The van der Waals surface area contributed by atoms with Crippen LogP contribution in [0.2, 0.25) is 0 Å². The fourth-order valence-corrected chi connectivity index (χ4v) is 6.84. The van der Waals surface area contributed by atoms with E-state index < -0.39 is 12.2 Å². The highest BCUT2D eigenvalue weighted by atomic mass is 16.3. The van der Waals surface area contributed by atoms with Crippen LogP contribution in [0.3, 0.4) is 0 Å². The van der Waals surface area contributed by atoms with Crippen molar-refractivity contribution in [2.24, 2.45) is 35.0 Å². The van der Waals surface area contributed by atoms with Gasteiger partial charge in [-0.15, -0.1) is 0 Å². The predicted molar refractivity (Wildman–Crippen MR) is 79.1 cm³/mol. The summed E-state index contributed by atoms with van der Waals surface area (Å²) in [4.78, 5) is 0. The van der Waals surface area contributed by atoms with Gasteiger partial charge in [0.15, 0.2) is 0 Å². The van der Waals surface area contributed by atoms with Gasteiger partial charge in [0.05, 0.1) is 12.2 Å². The Bertz CT molecular complexity index is 382. The zero-order chi connectivity index (χ0) is 13.9. The monoisotopic (exact) mass is 278 g/mol. The van der Waals surface area contributed by atoms with Crippen molar-refractivity contribution in [3.8, 4) is 0 Å². The number of aliphatic hydroxyl groups excluding tert-OH is 2. The molecule has 4 rings (SSSR count). The van der Waals surface area contributed by atoms with Crippen molar-refractivity contribution in [2.75, 3.05) is 0 Å². The van der Waals surface area contributed by atoms with Crippen molar-refractivity contribution >= 4 is 0 Å². The van der Waals surface area contributed by atoms with E-state index in [1.807, 2.05) is 0 Å². The van der Waals surface area contributed by atoms with Gasteiger partial charge in [-0.2, -0.15) is 0 Å². The number of fused-ring (bicyclic) bond motifs is 5. The van der Waals surface area contributed by atoms with Crippen molar-refractivity contribution in [3.63, 3.8) is 0 Å². The van der Waals surface area contributed by atoms with Gasteiger partial charge in [0.25, 0.3) is 0 Å². The Morgan fingerprint density at radius 1 is 0.750 bits per heavy atom. The average molecular weight is 278 g/mol. The smallest absolute Gasteiger partial charge is 0.0829 e. The van der Waals surface area contributed by atoms with Crippen molar-refractivity contribution in [2.45, 2.75) is 76.9 Å². The van der Waals surface area contributed by atoms with Crippen LogP contribution >= 0.6 is 0 Å². The number of aliphatic hydroxyl groups is 2. The van der Waals surface area contributed by atoms with Crippen molar-refractivity contribution in [3.05, 3.63) is 0 Å². The number of hydrogen-bond donors (Lipinski definition) is 2. The lowest BCUT2D eigenvalue weighted by Crippen LogP contribution is -2.52. The Morgan fingerprint density at radius 3 is 2.30 bits per heavy atom. The van der Waals surface area contributed by atoms with E-state index in [2.05, 4.69) is 6.92 Å². The quantitative estimate of drug-likeness (QED) is 0.713. The Hall–Kier alpha value is -0.0800. The molecule has 0 aromatic carbocycles. The molecule has 0 amide bonds. The largest absolute Gasteiger partial charge is 0.390 e. The highest BCUT2D eigenvalue weighted by Crippen LogP contribution is 2.62. The zero-order valence-corrected chi connectivity index (χ0v) is 12.8. The second-order valence-corrected chi connectivity index (χ2v) is 8.56. The maximum atomic E-state index is 10.4. The summed E-state index contributed by atoms with van der Waals surface area (Å²) in [5.74, 6) is 3.85. The van der Waals surface area contributed by atoms with Crippen LogP contribution in [0.5, 0.6) is 0 Å². The highest BCUT2D eigenvalue weighted by molar-refractivity contribution is 5.04. The summed E-state index contributed by atoms with van der Waals surface area (Å²) in [6, 6.07) is 0. The summed E-state index contributed by atoms with van der Waals surface area (Å²) in [6.07, 6.45) is 10.7. The molecule has 20 heavy (non-hydrogen) atoms. The maximum absolute atomic E-state index is 10.4. The third-order valence-electron chi connectivity index (χ3n) is 7.84. The average Bonchev–Trinajstić information content (AvgIpc) is 2.84. The van der Waals surface area contributed by atoms with Crippen LogP contribution in [0.1, 0.15) is 64.7 Å². The van der Waals surface area contributed by atoms with Gasteiger partial charge in [0.1, 0.15) is 0 Å². The summed E-state index contributed by atoms with van der Waals surface area (Å²) >= 11 is 0. The van der Waals surface area contributed by atoms with E-state index in [1.165, 1.54) is 38.5 Å². The van der Waals surface area contributed by atoms with E-state index in [1.54, 1.807) is 0 Å². The van der Waals surface area contributed by atoms with E-state index in [4.69, 9.17) is 0 Å². The molecule has 4 aliphatic rings. The Balaban J connectivity index is 1.58. The van der Waals surface area contributed by atoms with Crippen LogP contribution in [-0.4, -0.2) is 22.4 Å². The highest BCUT2D eigenvalue weighted by Gasteiger charge is 2.54. The molecule has 0 aliphatic heterocycles. The molecular formula is C18H30O2. The first-order chi connectivity index (χ1) is 9.60. The summed E-state index contributed by atoms with van der Waals surface area (Å²) in [5, 5.41) is 20.3. The van der Waals surface area contributed by atoms with Crippen LogP contribution in [0, 0.1) is 35.0 Å². The lowest BCUT2D eigenvalue weighted by Gasteiger charge is -2.56. The number of rotatable bonds is 0. The molecule has 0 bridgehead atoms. The first-order valence-corrected chi connectivity index (χ1v) is 8.96. The fourth-order valence-electron chi connectivity index (χ4n) is 6.84. The molecule has 2 heteroatoms. The van der Waals surface area contributed by atoms with Crippen LogP contribution in [0.25, 0.3) is 0 Å². The third-order valence-corrected chi connectivity index (χ3v) is 7.84. The van der Waals surface area contributed by atoms with Crippen molar-refractivity contribution in [1.82, 2.24) is 0 Å². The summed E-state index contributed by atoms with van der Waals surface area (Å²) in [5.41, 5.74) is 0.640. The molecule has 0 aromatic heterocycles. The van der Waals surface area contributed by atoms with Crippen molar-refractivity contribution in [1.29, 1.82) is 0 Å². The molecule has 0 saturated heterocycles. The molecule has 4 fully saturated rings. The molecule has 2 nitrogen and oxygen atoms in total. The van der Waals surface area contributed by atoms with Gasteiger partial charge in [0, 0.05) is 0 Å². The van der Waals surface area contributed by atoms with E-state index >= 15 is 0 Å². The molecule has 1 unspecified atom stereocenters. The van der Waals surface area contributed by atoms with E-state index in [9.17, 15) is 10.2 Å². The van der Waals surface area contributed by atoms with Crippen LogP contribution in [0.15, 0.2) is 0 Å². The lowest BCUT2D eigenvalue weighted by atomic mass is 9.50. The molecule has 114 valence electrons. The Labute approximate surface area is 123 Å². The van der Waals surface area contributed by atoms with Gasteiger partial charge in [-0.25, -0.2) is 0 Å². The third kappa shape index (κ3) is 1.83. The van der Waals surface area contributed by atoms with E-state index in [0.29, 0.717) is 17.3 Å². The second-order valence-electron chi connectivity index (χ2n) is 8.56. The molecule has 0 radical (unpaired) electrons. The molecule has 8 atom stereocenters. The van der Waals surface area contributed by atoms with Gasteiger partial charge >= 0.3 is 0 Å². The minimum Gasteiger partial charge on any atom is -0.390 e. The summed E-state index contributed by atoms with van der Waals surface area (Å²) in [6.45, 7) is 2.55. The zero-order valence-electron chi connectivity index (χ0n) is 12.8.